The van der Waals surface area contributed by atoms with Crippen LogP contribution in [0.15, 0.2) is 83.8 Å². The molecule has 0 fully saturated rings. The maximum atomic E-state index is 12.1. The summed E-state index contributed by atoms with van der Waals surface area (Å²) in [5.41, 5.74) is 1.80. The second-order valence-corrected chi connectivity index (χ2v) is 18.9. The van der Waals surface area contributed by atoms with Gasteiger partial charge in [0.25, 0.3) is 20.1 Å². The van der Waals surface area contributed by atoms with Gasteiger partial charge in [-0.15, -0.1) is 0 Å². The fourth-order valence-corrected chi connectivity index (χ4v) is 7.99. The number of aromatic nitrogens is 3. The van der Waals surface area contributed by atoms with E-state index in [1.165, 1.54) is 43.5 Å². The second-order valence-electron chi connectivity index (χ2n) is 14.4. The summed E-state index contributed by atoms with van der Waals surface area (Å²) in [6.45, 7) is 10.2. The van der Waals surface area contributed by atoms with E-state index in [4.69, 9.17) is 67.8 Å². The number of halogens is 3. The van der Waals surface area contributed by atoms with Crippen LogP contribution in [-0.4, -0.2) is 99.8 Å². The van der Waals surface area contributed by atoms with Crippen LogP contribution in [0, 0.1) is 17.0 Å². The molecule has 0 radical (unpaired) electrons. The van der Waals surface area contributed by atoms with Crippen LogP contribution >= 0.6 is 34.8 Å². The molecule has 6 rings (SSSR count). The van der Waals surface area contributed by atoms with E-state index in [2.05, 4.69) is 34.1 Å². The summed E-state index contributed by atoms with van der Waals surface area (Å²) in [6.07, 6.45) is 0.322. The Balaban J connectivity index is 0.000000225. The van der Waals surface area contributed by atoms with Gasteiger partial charge in [0.2, 0.25) is 11.7 Å². The Bertz CT molecular complexity index is 2730. The van der Waals surface area contributed by atoms with Crippen molar-refractivity contribution in [1.29, 1.82) is 0 Å². The number of aryl methyl sites for hydroxylation is 2. The van der Waals surface area contributed by atoms with Crippen LogP contribution < -0.4 is 29.0 Å². The molecule has 0 atom stereocenters. The number of urea groups is 1. The zero-order chi connectivity index (χ0) is 49.4. The lowest BCUT2D eigenvalue weighted by atomic mass is 9.86. The van der Waals surface area contributed by atoms with E-state index in [1.807, 2.05) is 29.8 Å². The molecule has 5 aromatic rings. The summed E-state index contributed by atoms with van der Waals surface area (Å²) >= 11 is 17.7. The standard InChI is InChI=1S/C18H19Cl2NO6.C12H12ClN5O4S.C12H16O4S/c1-2-24-7-8-25-9-10-26-18-12-14(4-5-16(18)21(22)23)27-17-6-3-13(19)11-15(17)20;1-7-14-10(17-12(15-7)22-2)16-11(19)18-23(20,21)9-6-4-3-5-8(9)13;1-12(2)8-16-11-4-3-9(7-10(11)12)5-6-17(13,14)15/h3-6,11-12H,2,7-10H2,1H3;3-6H,1-2H3,(H2,14,15,16,17,18,19);3-4,7H,5-6,8H2,1-2H3,(H,13,14,15). The minimum atomic E-state index is -4.13. The number of nitrogens with zero attached hydrogens (tertiary/aromatic N) is 4. The van der Waals surface area contributed by atoms with Crippen molar-refractivity contribution in [2.24, 2.45) is 0 Å². The van der Waals surface area contributed by atoms with Crippen molar-refractivity contribution in [1.82, 2.24) is 19.7 Å². The molecule has 0 saturated carbocycles. The molecule has 362 valence electrons. The van der Waals surface area contributed by atoms with Crippen LogP contribution in [0.4, 0.5) is 16.4 Å². The highest BCUT2D eigenvalue weighted by molar-refractivity contribution is 7.90. The van der Waals surface area contributed by atoms with Gasteiger partial charge in [-0.1, -0.05) is 72.9 Å². The maximum absolute atomic E-state index is 12.1. The maximum Gasteiger partial charge on any atom is 0.335 e. The number of carbonyl (C=O) groups excluding carboxylic acids is 1. The van der Waals surface area contributed by atoms with Crippen LogP contribution in [0.2, 0.25) is 15.1 Å². The average Bonchev–Trinajstić information content (AvgIpc) is 3.56. The monoisotopic (exact) mass is 1030 g/mol. The number of hydrogen-bond donors (Lipinski definition) is 3. The highest BCUT2D eigenvalue weighted by Crippen LogP contribution is 2.39. The molecule has 1 aliphatic heterocycles. The third-order valence-corrected chi connectivity index (χ3v) is 11.9. The minimum absolute atomic E-state index is 0.00882. The van der Waals surface area contributed by atoms with Crippen LogP contribution in [0.1, 0.15) is 37.7 Å². The molecule has 3 N–H and O–H groups in total. The van der Waals surface area contributed by atoms with Gasteiger partial charge in [-0.3, -0.25) is 20.0 Å². The number of methoxy groups -OCH3 is 1. The lowest BCUT2D eigenvalue weighted by Crippen LogP contribution is -2.35. The Labute approximate surface area is 402 Å². The quantitative estimate of drug-likeness (QED) is 0.0322. The first-order chi connectivity index (χ1) is 31.6. The number of nitro benzene ring substituents is 1. The first-order valence-corrected chi connectivity index (χ1v) is 24.1. The number of nitrogens with one attached hydrogen (secondary N) is 2. The Morgan fingerprint density at radius 1 is 0.896 bits per heavy atom. The van der Waals surface area contributed by atoms with Crippen molar-refractivity contribution in [2.45, 2.75) is 44.4 Å². The molecule has 0 bridgehead atoms. The van der Waals surface area contributed by atoms with Crippen LogP contribution in [0.25, 0.3) is 0 Å². The number of anilines is 1. The lowest BCUT2D eigenvalue weighted by molar-refractivity contribution is -0.385. The predicted molar refractivity (Wildman–Crippen MR) is 249 cm³/mol. The Hall–Kier alpha value is -5.59. The molecular weight excluding hydrogens is 983 g/mol. The van der Waals surface area contributed by atoms with Crippen molar-refractivity contribution >= 4 is 72.6 Å². The molecule has 20 nitrogen and oxygen atoms in total. The molecule has 0 aliphatic carbocycles. The van der Waals surface area contributed by atoms with E-state index in [-0.39, 0.29) is 57.7 Å². The number of amides is 2. The molecule has 2 heterocycles. The molecule has 0 spiro atoms. The van der Waals surface area contributed by atoms with E-state index in [0.717, 1.165) is 16.9 Å². The van der Waals surface area contributed by atoms with Crippen molar-refractivity contribution in [3.8, 4) is 29.0 Å². The van der Waals surface area contributed by atoms with Crippen molar-refractivity contribution in [3.05, 3.63) is 121 Å². The van der Waals surface area contributed by atoms with Gasteiger partial charge < -0.3 is 28.4 Å². The number of rotatable bonds is 18. The third-order valence-electron chi connectivity index (χ3n) is 8.81. The average molecular weight is 1030 g/mol. The first kappa shape index (κ1) is 54.0. The van der Waals surface area contributed by atoms with E-state index < -0.39 is 31.1 Å². The van der Waals surface area contributed by atoms with Crippen molar-refractivity contribution < 1.29 is 59.5 Å². The Morgan fingerprint density at radius 3 is 2.28 bits per heavy atom. The smallest absolute Gasteiger partial charge is 0.335 e. The molecule has 67 heavy (non-hydrogen) atoms. The highest BCUT2D eigenvalue weighted by Gasteiger charge is 2.32. The predicted octanol–water partition coefficient (Wildman–Crippen LogP) is 8.27. The number of hydrogen-bond acceptors (Lipinski definition) is 16. The van der Waals surface area contributed by atoms with Gasteiger partial charge in [0.1, 0.15) is 34.6 Å². The lowest BCUT2D eigenvalue weighted by Gasteiger charge is -2.15. The number of fused-ring (bicyclic) bond motifs is 1. The topological polar surface area (TPSA) is 267 Å². The summed E-state index contributed by atoms with van der Waals surface area (Å²) in [4.78, 5) is 33.7. The molecule has 1 aromatic heterocycles. The third kappa shape index (κ3) is 17.5. The van der Waals surface area contributed by atoms with E-state index in [1.54, 1.807) is 31.2 Å². The number of carbonyl (C=O) groups is 1. The van der Waals surface area contributed by atoms with Crippen LogP contribution in [-0.2, 0) is 41.5 Å². The van der Waals surface area contributed by atoms with Gasteiger partial charge in [0, 0.05) is 34.7 Å². The van der Waals surface area contributed by atoms with Crippen molar-refractivity contribution in [2.75, 3.05) is 57.8 Å². The van der Waals surface area contributed by atoms with Gasteiger partial charge in [0.15, 0.2) is 0 Å². The first-order valence-electron chi connectivity index (χ1n) is 19.9. The highest BCUT2D eigenvalue weighted by atomic mass is 35.5. The summed E-state index contributed by atoms with van der Waals surface area (Å²) < 4.78 is 88.2. The van der Waals surface area contributed by atoms with Gasteiger partial charge in [-0.25, -0.2) is 17.9 Å². The van der Waals surface area contributed by atoms with Crippen LogP contribution in [0.5, 0.6) is 29.0 Å². The SMILES string of the molecule is CC1(C)COc2ccc(CCS(=O)(=O)O)cc21.CCOCCOCCOc1cc(Oc2ccc(Cl)cc2Cl)ccc1[N+](=O)[O-].COc1nc(C)nc(NC(=O)NS(=O)(=O)c2ccccc2Cl)n1. The molecule has 0 saturated heterocycles. The van der Waals surface area contributed by atoms with Gasteiger partial charge in [-0.05, 0) is 68.3 Å². The largest absolute Gasteiger partial charge is 0.492 e. The number of ether oxygens (including phenoxy) is 6. The normalized spacial score (nSPS) is 12.5. The fourth-order valence-electron chi connectivity index (χ4n) is 5.63. The molecule has 25 heteroatoms. The van der Waals surface area contributed by atoms with Gasteiger partial charge in [-0.2, -0.15) is 23.4 Å². The second kappa shape index (κ2) is 25.0. The van der Waals surface area contributed by atoms with Gasteiger partial charge in [0.05, 0.1) is 54.3 Å². The fraction of sp³-hybridized carbons (Fsp3) is 0.333. The molecule has 1 aliphatic rings. The number of benzene rings is 4. The zero-order valence-electron chi connectivity index (χ0n) is 36.7. The molecule has 4 aromatic carbocycles. The summed E-state index contributed by atoms with van der Waals surface area (Å²) in [5.74, 6) is 1.56. The van der Waals surface area contributed by atoms with E-state index >= 15 is 0 Å². The summed E-state index contributed by atoms with van der Waals surface area (Å²) in [7, 11) is -6.68. The number of sulfonamides is 1. The van der Waals surface area contributed by atoms with Crippen LogP contribution in [0.3, 0.4) is 0 Å². The van der Waals surface area contributed by atoms with E-state index in [9.17, 15) is 31.7 Å². The summed E-state index contributed by atoms with van der Waals surface area (Å²) in [6, 6.07) is 19.3. The van der Waals surface area contributed by atoms with Crippen molar-refractivity contribution in [3.63, 3.8) is 0 Å². The summed E-state index contributed by atoms with van der Waals surface area (Å²) in [5, 5.41) is 14.2. The minimum Gasteiger partial charge on any atom is -0.492 e. The Morgan fingerprint density at radius 2 is 1.61 bits per heavy atom. The van der Waals surface area contributed by atoms with Gasteiger partial charge >= 0.3 is 17.7 Å². The molecule has 0 unspecified atom stereocenters. The molecule has 2 amide bonds. The Kier molecular flexibility index (Phi) is 20.1. The zero-order valence-corrected chi connectivity index (χ0v) is 40.6. The molecular formula is C42H47Cl3N6O14S2. The van der Waals surface area contributed by atoms with E-state index in [0.29, 0.717) is 60.2 Å². The number of nitro groups is 1.